The van der Waals surface area contributed by atoms with Gasteiger partial charge >= 0.3 is 0 Å². The molecule has 0 aromatic heterocycles. The molecule has 1 saturated carbocycles. The molecule has 0 aromatic rings. The number of rotatable bonds is 6. The van der Waals surface area contributed by atoms with Gasteiger partial charge in [0, 0.05) is 18.6 Å². The lowest BCUT2D eigenvalue weighted by molar-refractivity contribution is 0.131. The van der Waals surface area contributed by atoms with Crippen LogP contribution in [-0.2, 0) is 0 Å². The van der Waals surface area contributed by atoms with E-state index < -0.39 is 0 Å². The fraction of sp³-hybridized carbons (Fsp3) is 1.00. The minimum atomic E-state index is 0.0871. The molecule has 0 aliphatic heterocycles. The smallest absolute Gasteiger partial charge is 0.0496 e. The second kappa shape index (κ2) is 4.97. The van der Waals surface area contributed by atoms with Crippen molar-refractivity contribution in [2.75, 3.05) is 19.7 Å². The third-order valence-electron chi connectivity index (χ3n) is 3.44. The molecule has 1 fully saturated rings. The van der Waals surface area contributed by atoms with E-state index in [1.54, 1.807) is 0 Å². The molecule has 0 saturated heterocycles. The van der Waals surface area contributed by atoms with E-state index >= 15 is 0 Å². The maximum absolute atomic E-state index is 9.18. The van der Waals surface area contributed by atoms with Crippen LogP contribution in [0.25, 0.3) is 0 Å². The van der Waals surface area contributed by atoms with Crippen LogP contribution in [0.3, 0.4) is 0 Å². The monoisotopic (exact) mass is 185 g/mol. The van der Waals surface area contributed by atoms with Crippen molar-refractivity contribution >= 4 is 0 Å². The molecule has 0 bridgehead atoms. The molecule has 1 aliphatic rings. The molecule has 0 heterocycles. The minimum Gasteiger partial charge on any atom is -0.396 e. The SMILES string of the molecule is CCC(C)(CO)CNCC1CCC1. The standard InChI is InChI=1S/C11H23NO/c1-3-11(2,9-13)8-12-7-10-5-4-6-10/h10,12-13H,3-9H2,1-2H3. The van der Waals surface area contributed by atoms with Crippen LogP contribution in [0.4, 0.5) is 0 Å². The largest absolute Gasteiger partial charge is 0.396 e. The Kier molecular flexibility index (Phi) is 4.20. The number of aliphatic hydroxyl groups excluding tert-OH is 1. The summed E-state index contributed by atoms with van der Waals surface area (Å²) in [7, 11) is 0. The van der Waals surface area contributed by atoms with E-state index in [2.05, 4.69) is 19.2 Å². The third kappa shape index (κ3) is 3.28. The summed E-state index contributed by atoms with van der Waals surface area (Å²) in [5.41, 5.74) is 0.0871. The number of aliphatic hydroxyl groups is 1. The number of nitrogens with one attached hydrogen (secondary N) is 1. The van der Waals surface area contributed by atoms with Crippen molar-refractivity contribution in [1.29, 1.82) is 0 Å². The van der Waals surface area contributed by atoms with Crippen molar-refractivity contribution in [2.24, 2.45) is 11.3 Å². The molecule has 2 N–H and O–H groups in total. The van der Waals surface area contributed by atoms with Crippen molar-refractivity contribution in [3.8, 4) is 0 Å². The molecule has 0 spiro atoms. The highest BCUT2D eigenvalue weighted by Crippen LogP contribution is 2.25. The van der Waals surface area contributed by atoms with Gasteiger partial charge in [0.15, 0.2) is 0 Å². The second-order valence-electron chi connectivity index (χ2n) is 4.75. The Balaban J connectivity index is 2.08. The van der Waals surface area contributed by atoms with Gasteiger partial charge in [-0.15, -0.1) is 0 Å². The van der Waals surface area contributed by atoms with Crippen molar-refractivity contribution in [1.82, 2.24) is 5.32 Å². The lowest BCUT2D eigenvalue weighted by Crippen LogP contribution is -2.37. The average molecular weight is 185 g/mol. The summed E-state index contributed by atoms with van der Waals surface area (Å²) in [5, 5.41) is 12.7. The summed E-state index contributed by atoms with van der Waals surface area (Å²) in [6.45, 7) is 6.68. The van der Waals surface area contributed by atoms with Crippen LogP contribution >= 0.6 is 0 Å². The van der Waals surface area contributed by atoms with E-state index in [1.165, 1.54) is 19.3 Å². The maximum Gasteiger partial charge on any atom is 0.0496 e. The van der Waals surface area contributed by atoms with Crippen LogP contribution < -0.4 is 5.32 Å². The molecular formula is C11H23NO. The van der Waals surface area contributed by atoms with Gasteiger partial charge in [0.25, 0.3) is 0 Å². The quantitative estimate of drug-likeness (QED) is 0.661. The summed E-state index contributed by atoms with van der Waals surface area (Å²) in [5.74, 6) is 0.916. The molecule has 0 aromatic carbocycles. The van der Waals surface area contributed by atoms with E-state index in [0.717, 1.165) is 25.4 Å². The topological polar surface area (TPSA) is 32.3 Å². The lowest BCUT2D eigenvalue weighted by atomic mass is 9.84. The highest BCUT2D eigenvalue weighted by molar-refractivity contribution is 4.77. The Labute approximate surface area is 81.7 Å². The van der Waals surface area contributed by atoms with E-state index in [1.807, 2.05) is 0 Å². The van der Waals surface area contributed by atoms with Gasteiger partial charge in [-0.25, -0.2) is 0 Å². The molecule has 2 heteroatoms. The minimum absolute atomic E-state index is 0.0871. The van der Waals surface area contributed by atoms with Gasteiger partial charge < -0.3 is 10.4 Å². The van der Waals surface area contributed by atoms with Crippen molar-refractivity contribution < 1.29 is 5.11 Å². The molecule has 13 heavy (non-hydrogen) atoms. The summed E-state index contributed by atoms with van der Waals surface area (Å²) in [6, 6.07) is 0. The first-order valence-electron chi connectivity index (χ1n) is 5.52. The Morgan fingerprint density at radius 2 is 2.15 bits per heavy atom. The van der Waals surface area contributed by atoms with Gasteiger partial charge in [0.1, 0.15) is 0 Å². The fourth-order valence-corrected chi connectivity index (χ4v) is 1.57. The summed E-state index contributed by atoms with van der Waals surface area (Å²) in [6.07, 6.45) is 5.25. The highest BCUT2D eigenvalue weighted by Gasteiger charge is 2.22. The van der Waals surface area contributed by atoms with Crippen LogP contribution in [0.15, 0.2) is 0 Å². The van der Waals surface area contributed by atoms with Gasteiger partial charge in [0.05, 0.1) is 0 Å². The van der Waals surface area contributed by atoms with E-state index in [9.17, 15) is 5.11 Å². The van der Waals surface area contributed by atoms with Gasteiger partial charge in [0.2, 0.25) is 0 Å². The number of hydrogen-bond donors (Lipinski definition) is 2. The van der Waals surface area contributed by atoms with Gasteiger partial charge in [-0.1, -0.05) is 20.3 Å². The molecule has 0 radical (unpaired) electrons. The summed E-state index contributed by atoms with van der Waals surface area (Å²) in [4.78, 5) is 0. The second-order valence-corrected chi connectivity index (χ2v) is 4.75. The van der Waals surface area contributed by atoms with Gasteiger partial charge in [-0.3, -0.25) is 0 Å². The van der Waals surface area contributed by atoms with Crippen molar-refractivity contribution in [3.05, 3.63) is 0 Å². The van der Waals surface area contributed by atoms with Crippen LogP contribution in [0, 0.1) is 11.3 Å². The third-order valence-corrected chi connectivity index (χ3v) is 3.44. The van der Waals surface area contributed by atoms with Crippen molar-refractivity contribution in [3.63, 3.8) is 0 Å². The molecular weight excluding hydrogens is 162 g/mol. The highest BCUT2D eigenvalue weighted by atomic mass is 16.3. The van der Waals surface area contributed by atoms with Crippen molar-refractivity contribution in [2.45, 2.75) is 39.5 Å². The van der Waals surface area contributed by atoms with E-state index in [4.69, 9.17) is 0 Å². The normalized spacial score (nSPS) is 22.4. The number of hydrogen-bond acceptors (Lipinski definition) is 2. The molecule has 1 rings (SSSR count). The molecule has 2 nitrogen and oxygen atoms in total. The fourth-order valence-electron chi connectivity index (χ4n) is 1.57. The van der Waals surface area contributed by atoms with Crippen LogP contribution in [0.1, 0.15) is 39.5 Å². The van der Waals surface area contributed by atoms with Crippen LogP contribution in [0.5, 0.6) is 0 Å². The molecule has 1 atom stereocenters. The Morgan fingerprint density at radius 1 is 1.46 bits per heavy atom. The van der Waals surface area contributed by atoms with Crippen LogP contribution in [-0.4, -0.2) is 24.8 Å². The summed E-state index contributed by atoms with van der Waals surface area (Å²) >= 11 is 0. The first-order chi connectivity index (χ1) is 6.20. The zero-order chi connectivity index (χ0) is 9.73. The predicted octanol–water partition coefficient (Wildman–Crippen LogP) is 1.78. The first kappa shape index (κ1) is 11.0. The molecule has 78 valence electrons. The molecule has 1 aliphatic carbocycles. The Morgan fingerprint density at radius 3 is 2.54 bits per heavy atom. The zero-order valence-corrected chi connectivity index (χ0v) is 8.97. The predicted molar refractivity (Wildman–Crippen MR) is 55.7 cm³/mol. The van der Waals surface area contributed by atoms with E-state index in [-0.39, 0.29) is 5.41 Å². The first-order valence-corrected chi connectivity index (χ1v) is 5.52. The average Bonchev–Trinajstić information content (AvgIpc) is 2.09. The van der Waals surface area contributed by atoms with Gasteiger partial charge in [-0.2, -0.15) is 0 Å². The molecule has 0 amide bonds. The zero-order valence-electron chi connectivity index (χ0n) is 8.97. The lowest BCUT2D eigenvalue weighted by Gasteiger charge is -2.30. The maximum atomic E-state index is 9.18. The van der Waals surface area contributed by atoms with Crippen LogP contribution in [0.2, 0.25) is 0 Å². The van der Waals surface area contributed by atoms with E-state index in [0.29, 0.717) is 6.61 Å². The summed E-state index contributed by atoms with van der Waals surface area (Å²) < 4.78 is 0. The Bertz CT molecular complexity index is 139. The molecule has 1 unspecified atom stereocenters. The van der Waals surface area contributed by atoms with Gasteiger partial charge in [-0.05, 0) is 31.7 Å². The Hall–Kier alpha value is -0.0800.